The predicted octanol–water partition coefficient (Wildman–Crippen LogP) is 3.43. The molecule has 0 spiro atoms. The highest BCUT2D eigenvalue weighted by molar-refractivity contribution is 5.85. The first-order chi connectivity index (χ1) is 10.3. The van der Waals surface area contributed by atoms with Crippen LogP contribution in [0.15, 0.2) is 54.6 Å². The summed E-state index contributed by atoms with van der Waals surface area (Å²) in [7, 11) is 0. The molecular formula is C18H20N2O. The van der Waals surface area contributed by atoms with Crippen LogP contribution in [0.5, 0.6) is 0 Å². The third-order valence-corrected chi connectivity index (χ3v) is 3.87. The zero-order chi connectivity index (χ0) is 14.5. The molecule has 0 saturated carbocycles. The van der Waals surface area contributed by atoms with Gasteiger partial charge in [0, 0.05) is 12.2 Å². The number of carbonyl (C=O) groups is 1. The molecule has 1 saturated heterocycles. The van der Waals surface area contributed by atoms with Crippen LogP contribution in [-0.2, 0) is 4.79 Å². The van der Waals surface area contributed by atoms with E-state index in [1.165, 1.54) is 11.1 Å². The van der Waals surface area contributed by atoms with Gasteiger partial charge >= 0.3 is 0 Å². The molecule has 0 aliphatic carbocycles. The average Bonchev–Trinajstić information content (AvgIpc) is 2.74. The van der Waals surface area contributed by atoms with Gasteiger partial charge in [0.2, 0.25) is 5.91 Å². The maximum absolute atomic E-state index is 11.9. The van der Waals surface area contributed by atoms with Gasteiger partial charge in [0.1, 0.15) is 6.04 Å². The molecule has 0 radical (unpaired) electrons. The first-order valence-electron chi connectivity index (χ1n) is 7.53. The number of amides is 1. The first-order valence-corrected chi connectivity index (χ1v) is 7.53. The topological polar surface area (TPSA) is 41.1 Å². The second-order valence-corrected chi connectivity index (χ2v) is 5.43. The Kier molecular flexibility index (Phi) is 4.20. The highest BCUT2D eigenvalue weighted by Gasteiger charge is 2.19. The van der Waals surface area contributed by atoms with Crippen LogP contribution in [0.3, 0.4) is 0 Å². The number of hydrogen-bond acceptors (Lipinski definition) is 2. The fourth-order valence-electron chi connectivity index (χ4n) is 2.67. The molecule has 3 heteroatoms. The normalized spacial score (nSPS) is 18.7. The van der Waals surface area contributed by atoms with Crippen molar-refractivity contribution in [2.75, 3.05) is 11.9 Å². The lowest BCUT2D eigenvalue weighted by Crippen LogP contribution is -2.37. The van der Waals surface area contributed by atoms with Crippen molar-refractivity contribution in [3.05, 3.63) is 54.6 Å². The molecule has 3 rings (SSSR count). The zero-order valence-corrected chi connectivity index (χ0v) is 12.0. The molecule has 0 bridgehead atoms. The van der Waals surface area contributed by atoms with Gasteiger partial charge in [0.15, 0.2) is 0 Å². The van der Waals surface area contributed by atoms with E-state index >= 15 is 0 Å². The standard InChI is InChI=1S/C18H20N2O/c21-18-17(8-4-5-13-19-18)20-16-11-9-15(10-12-16)14-6-2-1-3-7-14/h1-3,6-7,9-12,17,20H,4-5,8,13H2,(H,19,21). The minimum Gasteiger partial charge on any atom is -0.374 e. The van der Waals surface area contributed by atoms with Crippen LogP contribution in [0.4, 0.5) is 5.69 Å². The van der Waals surface area contributed by atoms with Crippen molar-refractivity contribution in [1.29, 1.82) is 0 Å². The maximum atomic E-state index is 11.9. The quantitative estimate of drug-likeness (QED) is 0.904. The molecule has 2 N–H and O–H groups in total. The Hall–Kier alpha value is -2.29. The molecule has 0 aromatic heterocycles. The fourth-order valence-corrected chi connectivity index (χ4v) is 2.67. The molecule has 1 heterocycles. The number of rotatable bonds is 3. The van der Waals surface area contributed by atoms with Crippen molar-refractivity contribution in [2.24, 2.45) is 0 Å². The molecule has 1 amide bonds. The molecular weight excluding hydrogens is 260 g/mol. The van der Waals surface area contributed by atoms with E-state index in [2.05, 4.69) is 34.9 Å². The summed E-state index contributed by atoms with van der Waals surface area (Å²) in [5, 5.41) is 6.29. The van der Waals surface area contributed by atoms with Crippen LogP contribution < -0.4 is 10.6 Å². The summed E-state index contributed by atoms with van der Waals surface area (Å²) >= 11 is 0. The summed E-state index contributed by atoms with van der Waals surface area (Å²) in [4.78, 5) is 11.9. The number of carbonyl (C=O) groups excluding carboxylic acids is 1. The Labute approximate surface area is 125 Å². The van der Waals surface area contributed by atoms with Gasteiger partial charge in [-0.25, -0.2) is 0 Å². The second-order valence-electron chi connectivity index (χ2n) is 5.43. The molecule has 21 heavy (non-hydrogen) atoms. The van der Waals surface area contributed by atoms with Crippen molar-refractivity contribution in [1.82, 2.24) is 5.32 Å². The van der Waals surface area contributed by atoms with Gasteiger partial charge in [-0.3, -0.25) is 4.79 Å². The number of benzene rings is 2. The van der Waals surface area contributed by atoms with E-state index in [0.717, 1.165) is 31.5 Å². The number of anilines is 1. The van der Waals surface area contributed by atoms with E-state index in [1.54, 1.807) is 0 Å². The summed E-state index contributed by atoms with van der Waals surface area (Å²) in [6.07, 6.45) is 3.04. The van der Waals surface area contributed by atoms with Gasteiger partial charge in [-0.15, -0.1) is 0 Å². The minimum absolute atomic E-state index is 0.111. The van der Waals surface area contributed by atoms with Gasteiger partial charge in [0.25, 0.3) is 0 Å². The van der Waals surface area contributed by atoms with Gasteiger partial charge in [-0.2, -0.15) is 0 Å². The van der Waals surface area contributed by atoms with Crippen molar-refractivity contribution < 1.29 is 4.79 Å². The molecule has 1 fully saturated rings. The van der Waals surface area contributed by atoms with Gasteiger partial charge in [0.05, 0.1) is 0 Å². The van der Waals surface area contributed by atoms with Crippen molar-refractivity contribution in [2.45, 2.75) is 25.3 Å². The highest BCUT2D eigenvalue weighted by atomic mass is 16.2. The second kappa shape index (κ2) is 6.44. The average molecular weight is 280 g/mol. The fraction of sp³-hybridized carbons (Fsp3) is 0.278. The summed E-state index contributed by atoms with van der Waals surface area (Å²) in [5.41, 5.74) is 3.39. The van der Waals surface area contributed by atoms with E-state index in [-0.39, 0.29) is 11.9 Å². The Balaban J connectivity index is 1.71. The molecule has 1 aliphatic rings. The summed E-state index contributed by atoms with van der Waals surface area (Å²) < 4.78 is 0. The molecule has 3 nitrogen and oxygen atoms in total. The van der Waals surface area contributed by atoms with Crippen LogP contribution in [0.2, 0.25) is 0 Å². The van der Waals surface area contributed by atoms with E-state index in [9.17, 15) is 4.79 Å². The van der Waals surface area contributed by atoms with E-state index < -0.39 is 0 Å². The number of hydrogen-bond donors (Lipinski definition) is 2. The highest BCUT2D eigenvalue weighted by Crippen LogP contribution is 2.22. The van der Waals surface area contributed by atoms with Crippen LogP contribution >= 0.6 is 0 Å². The van der Waals surface area contributed by atoms with E-state index in [1.807, 2.05) is 30.3 Å². The van der Waals surface area contributed by atoms with Gasteiger partial charge in [-0.1, -0.05) is 42.5 Å². The molecule has 2 aromatic carbocycles. The summed E-state index contributed by atoms with van der Waals surface area (Å²) in [6, 6.07) is 18.4. The Bertz CT molecular complexity index is 592. The smallest absolute Gasteiger partial charge is 0.242 e. The first kappa shape index (κ1) is 13.7. The summed E-state index contributed by atoms with van der Waals surface area (Å²) in [6.45, 7) is 0.796. The third-order valence-electron chi connectivity index (χ3n) is 3.87. The van der Waals surface area contributed by atoms with Crippen LogP contribution in [-0.4, -0.2) is 18.5 Å². The Morgan fingerprint density at radius 1 is 0.905 bits per heavy atom. The Morgan fingerprint density at radius 2 is 1.62 bits per heavy atom. The molecule has 1 unspecified atom stereocenters. The summed E-state index contributed by atoms with van der Waals surface area (Å²) in [5.74, 6) is 0.111. The minimum atomic E-state index is -0.116. The van der Waals surface area contributed by atoms with Gasteiger partial charge < -0.3 is 10.6 Å². The monoisotopic (exact) mass is 280 g/mol. The SMILES string of the molecule is O=C1NCCCCC1Nc1ccc(-c2ccccc2)cc1. The van der Waals surface area contributed by atoms with Crippen LogP contribution in [0.25, 0.3) is 11.1 Å². The van der Waals surface area contributed by atoms with Crippen molar-refractivity contribution >= 4 is 11.6 Å². The van der Waals surface area contributed by atoms with Crippen molar-refractivity contribution in [3.8, 4) is 11.1 Å². The van der Waals surface area contributed by atoms with Crippen LogP contribution in [0.1, 0.15) is 19.3 Å². The van der Waals surface area contributed by atoms with Crippen molar-refractivity contribution in [3.63, 3.8) is 0 Å². The van der Waals surface area contributed by atoms with Gasteiger partial charge in [-0.05, 0) is 42.5 Å². The lowest BCUT2D eigenvalue weighted by molar-refractivity contribution is -0.121. The third kappa shape index (κ3) is 3.43. The number of nitrogens with one attached hydrogen (secondary N) is 2. The molecule has 2 aromatic rings. The maximum Gasteiger partial charge on any atom is 0.242 e. The largest absolute Gasteiger partial charge is 0.374 e. The molecule has 1 atom stereocenters. The lowest BCUT2D eigenvalue weighted by atomic mass is 10.1. The Morgan fingerprint density at radius 3 is 2.38 bits per heavy atom. The van der Waals surface area contributed by atoms with Crippen LogP contribution in [0, 0.1) is 0 Å². The zero-order valence-electron chi connectivity index (χ0n) is 12.0. The molecule has 1 aliphatic heterocycles. The lowest BCUT2D eigenvalue weighted by Gasteiger charge is -2.16. The predicted molar refractivity (Wildman–Crippen MR) is 86.1 cm³/mol. The molecule has 108 valence electrons. The van der Waals surface area contributed by atoms with E-state index in [0.29, 0.717) is 0 Å². The van der Waals surface area contributed by atoms with E-state index in [4.69, 9.17) is 0 Å².